The quantitative estimate of drug-likeness (QED) is 0.706. The molecule has 2 N–H and O–H groups in total. The number of hydrogen-bond donors (Lipinski definition) is 1. The lowest BCUT2D eigenvalue weighted by molar-refractivity contribution is 0.662. The maximum atomic E-state index is 5.88. The van der Waals surface area contributed by atoms with Crippen LogP contribution < -0.4 is 5.73 Å². The van der Waals surface area contributed by atoms with E-state index in [0.717, 1.165) is 23.1 Å². The Morgan fingerprint density at radius 2 is 2.45 bits per heavy atom. The van der Waals surface area contributed by atoms with Gasteiger partial charge in [-0.2, -0.15) is 5.10 Å². The molecule has 1 aromatic heterocycles. The summed E-state index contributed by atoms with van der Waals surface area (Å²) in [5.74, 6) is 0. The molecule has 0 radical (unpaired) electrons. The number of aryl methyl sites for hydroxylation is 2. The number of halogens is 1. The monoisotopic (exact) mass is 215 g/mol. The first-order chi connectivity index (χ1) is 5.20. The largest absolute Gasteiger partial charge is 0.324 e. The Bertz CT molecular complexity index is 292. The molecule has 0 fully saturated rings. The molecule has 3 nitrogen and oxygen atoms in total. The Labute approximate surface area is 73.7 Å². The molecule has 11 heavy (non-hydrogen) atoms. The molecule has 2 rings (SSSR count). The molecule has 1 aliphatic rings. The topological polar surface area (TPSA) is 43.8 Å². The van der Waals surface area contributed by atoms with Crippen molar-refractivity contribution in [2.24, 2.45) is 12.8 Å². The normalized spacial score (nSPS) is 22.3. The molecule has 1 atom stereocenters. The highest BCUT2D eigenvalue weighted by molar-refractivity contribution is 9.10. The van der Waals surface area contributed by atoms with Crippen LogP contribution in [0.25, 0.3) is 0 Å². The highest BCUT2D eigenvalue weighted by atomic mass is 79.9. The Kier molecular flexibility index (Phi) is 1.54. The Morgan fingerprint density at radius 1 is 1.73 bits per heavy atom. The van der Waals surface area contributed by atoms with Gasteiger partial charge in [0.15, 0.2) is 0 Å². The molecule has 0 amide bonds. The van der Waals surface area contributed by atoms with Crippen LogP contribution in [0.3, 0.4) is 0 Å². The van der Waals surface area contributed by atoms with Crippen LogP contribution in [0.5, 0.6) is 0 Å². The third kappa shape index (κ3) is 0.929. The van der Waals surface area contributed by atoms with E-state index in [0.29, 0.717) is 0 Å². The van der Waals surface area contributed by atoms with Crippen molar-refractivity contribution in [1.82, 2.24) is 9.78 Å². The second-order valence-electron chi connectivity index (χ2n) is 2.92. The lowest BCUT2D eigenvalue weighted by Crippen LogP contribution is -2.06. The number of fused-ring (bicyclic) bond motifs is 1. The SMILES string of the molecule is Cn1nc2c(c1Br)C(N)CC2. The van der Waals surface area contributed by atoms with Gasteiger partial charge >= 0.3 is 0 Å². The van der Waals surface area contributed by atoms with Crippen LogP contribution >= 0.6 is 15.9 Å². The van der Waals surface area contributed by atoms with Crippen LogP contribution in [0.2, 0.25) is 0 Å². The molecule has 0 aromatic carbocycles. The lowest BCUT2D eigenvalue weighted by Gasteiger charge is -2.01. The Morgan fingerprint density at radius 3 is 3.09 bits per heavy atom. The van der Waals surface area contributed by atoms with E-state index in [4.69, 9.17) is 5.73 Å². The first-order valence-electron chi connectivity index (χ1n) is 3.67. The molecular weight excluding hydrogens is 206 g/mol. The van der Waals surface area contributed by atoms with Gasteiger partial charge in [-0.3, -0.25) is 4.68 Å². The van der Waals surface area contributed by atoms with E-state index in [9.17, 15) is 0 Å². The Balaban J connectivity index is 2.58. The van der Waals surface area contributed by atoms with Crippen LogP contribution in [-0.2, 0) is 13.5 Å². The standard InChI is InChI=1S/C7H10BrN3/c1-11-7(8)6-4(9)2-3-5(6)10-11/h4H,2-3,9H2,1H3. The third-order valence-corrected chi connectivity index (χ3v) is 3.09. The summed E-state index contributed by atoms with van der Waals surface area (Å²) < 4.78 is 2.88. The Hall–Kier alpha value is -0.350. The van der Waals surface area contributed by atoms with Crippen molar-refractivity contribution in [3.05, 3.63) is 15.9 Å². The van der Waals surface area contributed by atoms with Gasteiger partial charge in [-0.05, 0) is 28.8 Å². The van der Waals surface area contributed by atoms with Crippen LogP contribution in [-0.4, -0.2) is 9.78 Å². The molecule has 0 saturated heterocycles. The smallest absolute Gasteiger partial charge is 0.108 e. The van der Waals surface area contributed by atoms with Crippen LogP contribution in [0.1, 0.15) is 23.7 Å². The van der Waals surface area contributed by atoms with Gasteiger partial charge in [-0.15, -0.1) is 0 Å². The van der Waals surface area contributed by atoms with Crippen LogP contribution in [0.15, 0.2) is 4.60 Å². The van der Waals surface area contributed by atoms with E-state index in [-0.39, 0.29) is 6.04 Å². The maximum absolute atomic E-state index is 5.88. The first-order valence-corrected chi connectivity index (χ1v) is 4.46. The van der Waals surface area contributed by atoms with Gasteiger partial charge in [0, 0.05) is 18.7 Å². The van der Waals surface area contributed by atoms with Gasteiger partial charge < -0.3 is 5.73 Å². The number of aromatic nitrogens is 2. The molecule has 1 aliphatic carbocycles. The summed E-state index contributed by atoms with van der Waals surface area (Å²) in [4.78, 5) is 0. The lowest BCUT2D eigenvalue weighted by atomic mass is 10.2. The highest BCUT2D eigenvalue weighted by Crippen LogP contribution is 2.33. The second-order valence-corrected chi connectivity index (χ2v) is 3.67. The predicted molar refractivity (Wildman–Crippen MR) is 46.2 cm³/mol. The number of rotatable bonds is 0. The minimum absolute atomic E-state index is 0.188. The predicted octanol–water partition coefficient (Wildman–Crippen LogP) is 1.13. The fraction of sp³-hybridized carbons (Fsp3) is 0.571. The van der Waals surface area contributed by atoms with Gasteiger partial charge in [0.05, 0.1) is 5.69 Å². The zero-order chi connectivity index (χ0) is 8.01. The van der Waals surface area contributed by atoms with Gasteiger partial charge in [-0.25, -0.2) is 0 Å². The minimum Gasteiger partial charge on any atom is -0.324 e. The summed E-state index contributed by atoms with van der Waals surface area (Å²) in [6, 6.07) is 0.188. The van der Waals surface area contributed by atoms with E-state index < -0.39 is 0 Å². The number of nitrogens with zero attached hydrogens (tertiary/aromatic N) is 2. The van der Waals surface area contributed by atoms with Gasteiger partial charge in [0.2, 0.25) is 0 Å². The zero-order valence-corrected chi connectivity index (χ0v) is 7.93. The van der Waals surface area contributed by atoms with Crippen molar-refractivity contribution in [3.8, 4) is 0 Å². The van der Waals surface area contributed by atoms with Crippen molar-refractivity contribution in [2.75, 3.05) is 0 Å². The molecule has 0 aliphatic heterocycles. The van der Waals surface area contributed by atoms with Gasteiger partial charge in [-0.1, -0.05) is 0 Å². The summed E-state index contributed by atoms with van der Waals surface area (Å²) in [6.07, 6.45) is 2.06. The summed E-state index contributed by atoms with van der Waals surface area (Å²) in [5.41, 5.74) is 8.24. The summed E-state index contributed by atoms with van der Waals surface area (Å²) in [7, 11) is 1.93. The van der Waals surface area contributed by atoms with E-state index >= 15 is 0 Å². The summed E-state index contributed by atoms with van der Waals surface area (Å²) in [5, 5.41) is 4.33. The van der Waals surface area contributed by atoms with Crippen molar-refractivity contribution in [3.63, 3.8) is 0 Å². The number of hydrogen-bond acceptors (Lipinski definition) is 2. The van der Waals surface area contributed by atoms with Crippen molar-refractivity contribution >= 4 is 15.9 Å². The molecule has 0 spiro atoms. The molecule has 60 valence electrons. The molecule has 4 heteroatoms. The van der Waals surface area contributed by atoms with E-state index in [1.165, 1.54) is 5.56 Å². The number of nitrogens with two attached hydrogens (primary N) is 1. The molecule has 1 unspecified atom stereocenters. The molecule has 1 heterocycles. The molecule has 0 bridgehead atoms. The van der Waals surface area contributed by atoms with Crippen LogP contribution in [0.4, 0.5) is 0 Å². The fourth-order valence-electron chi connectivity index (χ4n) is 1.56. The average molecular weight is 216 g/mol. The summed E-state index contributed by atoms with van der Waals surface area (Å²) >= 11 is 3.46. The molecule has 1 aromatic rings. The second kappa shape index (κ2) is 2.32. The minimum atomic E-state index is 0.188. The van der Waals surface area contributed by atoms with Crippen molar-refractivity contribution in [2.45, 2.75) is 18.9 Å². The zero-order valence-electron chi connectivity index (χ0n) is 6.34. The fourth-order valence-corrected chi connectivity index (χ4v) is 2.16. The van der Waals surface area contributed by atoms with E-state index in [1.807, 2.05) is 11.7 Å². The van der Waals surface area contributed by atoms with E-state index in [1.54, 1.807) is 0 Å². The third-order valence-electron chi connectivity index (χ3n) is 2.15. The van der Waals surface area contributed by atoms with Gasteiger partial charge in [0.25, 0.3) is 0 Å². The van der Waals surface area contributed by atoms with E-state index in [2.05, 4.69) is 21.0 Å². The maximum Gasteiger partial charge on any atom is 0.108 e. The first kappa shape index (κ1) is 7.31. The highest BCUT2D eigenvalue weighted by Gasteiger charge is 2.25. The molecule has 0 saturated carbocycles. The van der Waals surface area contributed by atoms with Crippen molar-refractivity contribution < 1.29 is 0 Å². The molecular formula is C7H10BrN3. The average Bonchev–Trinajstić information content (AvgIpc) is 2.41. The van der Waals surface area contributed by atoms with Gasteiger partial charge in [0.1, 0.15) is 4.60 Å². The summed E-state index contributed by atoms with van der Waals surface area (Å²) in [6.45, 7) is 0. The van der Waals surface area contributed by atoms with Crippen LogP contribution in [0, 0.1) is 0 Å². The van der Waals surface area contributed by atoms with Crippen molar-refractivity contribution in [1.29, 1.82) is 0 Å².